The van der Waals surface area contributed by atoms with Crippen LogP contribution < -0.4 is 10.1 Å². The first kappa shape index (κ1) is 11.9. The van der Waals surface area contributed by atoms with E-state index in [1.807, 2.05) is 31.3 Å². The van der Waals surface area contributed by atoms with Crippen molar-refractivity contribution in [2.24, 2.45) is 5.92 Å². The van der Waals surface area contributed by atoms with Gasteiger partial charge < -0.3 is 15.0 Å². The Morgan fingerprint density at radius 3 is 2.88 bits per heavy atom. The molecule has 4 nitrogen and oxygen atoms in total. The summed E-state index contributed by atoms with van der Waals surface area (Å²) in [7, 11) is 3.49. The second kappa shape index (κ2) is 5.19. The Kier molecular flexibility index (Phi) is 3.64. The Morgan fingerprint density at radius 1 is 1.53 bits per heavy atom. The summed E-state index contributed by atoms with van der Waals surface area (Å²) in [5.74, 6) is 1.20. The van der Waals surface area contributed by atoms with E-state index in [-0.39, 0.29) is 11.8 Å². The van der Waals surface area contributed by atoms with Crippen molar-refractivity contribution in [2.75, 3.05) is 27.2 Å². The molecule has 1 aliphatic heterocycles. The topological polar surface area (TPSA) is 41.6 Å². The number of ether oxygens (including phenoxy) is 1. The van der Waals surface area contributed by atoms with Crippen molar-refractivity contribution in [1.82, 2.24) is 10.2 Å². The highest BCUT2D eigenvalue weighted by Gasteiger charge is 2.27. The van der Waals surface area contributed by atoms with E-state index in [1.165, 1.54) is 0 Å². The van der Waals surface area contributed by atoms with Crippen molar-refractivity contribution >= 4 is 5.91 Å². The summed E-state index contributed by atoms with van der Waals surface area (Å²) in [6.07, 6.45) is 0. The van der Waals surface area contributed by atoms with Crippen LogP contribution in [0.4, 0.5) is 0 Å². The van der Waals surface area contributed by atoms with Gasteiger partial charge in [0.05, 0.1) is 13.0 Å². The molecule has 1 aliphatic rings. The van der Waals surface area contributed by atoms with Gasteiger partial charge in [-0.1, -0.05) is 12.1 Å². The number of nitrogens with zero attached hydrogens (tertiary/aromatic N) is 1. The van der Waals surface area contributed by atoms with Gasteiger partial charge in [0.2, 0.25) is 5.91 Å². The first-order valence-electron chi connectivity index (χ1n) is 5.79. The minimum atomic E-state index is 0.158. The lowest BCUT2D eigenvalue weighted by Gasteiger charge is -2.30. The summed E-state index contributed by atoms with van der Waals surface area (Å²) < 4.78 is 5.16. The summed E-state index contributed by atoms with van der Waals surface area (Å²) in [4.78, 5) is 13.7. The van der Waals surface area contributed by atoms with Crippen molar-refractivity contribution < 1.29 is 9.53 Å². The van der Waals surface area contributed by atoms with Gasteiger partial charge >= 0.3 is 0 Å². The van der Waals surface area contributed by atoms with E-state index >= 15 is 0 Å². The smallest absolute Gasteiger partial charge is 0.228 e. The van der Waals surface area contributed by atoms with Crippen LogP contribution in [0, 0.1) is 5.92 Å². The fourth-order valence-electron chi connectivity index (χ4n) is 1.90. The van der Waals surface area contributed by atoms with Gasteiger partial charge in [0.1, 0.15) is 5.75 Å². The molecule has 1 aromatic carbocycles. The summed E-state index contributed by atoms with van der Waals surface area (Å²) >= 11 is 0. The van der Waals surface area contributed by atoms with E-state index in [4.69, 9.17) is 4.74 Å². The molecule has 2 rings (SSSR count). The maximum Gasteiger partial charge on any atom is 0.228 e. The van der Waals surface area contributed by atoms with Gasteiger partial charge in [-0.15, -0.1) is 0 Å². The monoisotopic (exact) mass is 234 g/mol. The molecule has 4 heteroatoms. The number of nitrogens with one attached hydrogen (secondary N) is 1. The molecule has 1 saturated heterocycles. The fourth-order valence-corrected chi connectivity index (χ4v) is 1.90. The predicted molar refractivity (Wildman–Crippen MR) is 65.8 cm³/mol. The quantitative estimate of drug-likeness (QED) is 0.840. The molecule has 92 valence electrons. The van der Waals surface area contributed by atoms with Crippen molar-refractivity contribution in [1.29, 1.82) is 0 Å². The number of carbonyl (C=O) groups excluding carboxylic acids is 1. The number of methoxy groups -OCH3 is 1. The number of hydrogen-bond donors (Lipinski definition) is 1. The second-order valence-electron chi connectivity index (χ2n) is 4.40. The number of carbonyl (C=O) groups is 1. The highest BCUT2D eigenvalue weighted by atomic mass is 16.5. The molecule has 0 bridgehead atoms. The molecular weight excluding hydrogens is 216 g/mol. The third-order valence-electron chi connectivity index (χ3n) is 3.06. The average Bonchev–Trinajstić information content (AvgIpc) is 2.27. The molecule has 1 aromatic rings. The molecule has 0 aromatic heterocycles. The van der Waals surface area contributed by atoms with E-state index in [1.54, 1.807) is 12.0 Å². The lowest BCUT2D eigenvalue weighted by Crippen LogP contribution is -2.50. The van der Waals surface area contributed by atoms with Gasteiger partial charge in [-0.2, -0.15) is 0 Å². The van der Waals surface area contributed by atoms with E-state index in [0.717, 1.165) is 24.4 Å². The van der Waals surface area contributed by atoms with Crippen LogP contribution in [0.15, 0.2) is 24.3 Å². The van der Waals surface area contributed by atoms with Crippen LogP contribution in [-0.2, 0) is 11.3 Å². The minimum Gasteiger partial charge on any atom is -0.497 e. The summed E-state index contributed by atoms with van der Waals surface area (Å²) in [5, 5.41) is 3.11. The van der Waals surface area contributed by atoms with E-state index in [9.17, 15) is 4.79 Å². The lowest BCUT2D eigenvalue weighted by atomic mass is 10.0. The Hall–Kier alpha value is -1.55. The first-order valence-corrected chi connectivity index (χ1v) is 5.79. The van der Waals surface area contributed by atoms with E-state index < -0.39 is 0 Å². The van der Waals surface area contributed by atoms with Crippen LogP contribution >= 0.6 is 0 Å². The zero-order valence-electron chi connectivity index (χ0n) is 10.3. The molecule has 0 atom stereocenters. The van der Waals surface area contributed by atoms with Crippen LogP contribution in [-0.4, -0.2) is 38.1 Å². The molecule has 17 heavy (non-hydrogen) atoms. The van der Waals surface area contributed by atoms with Gasteiger partial charge in [-0.3, -0.25) is 4.79 Å². The summed E-state index contributed by atoms with van der Waals surface area (Å²) in [5.41, 5.74) is 1.09. The van der Waals surface area contributed by atoms with Gasteiger partial charge in [-0.25, -0.2) is 0 Å². The molecular formula is C13H18N2O2. The summed E-state index contributed by atoms with van der Waals surface area (Å²) in [6.45, 7) is 2.25. The van der Waals surface area contributed by atoms with Crippen LogP contribution in [0.2, 0.25) is 0 Å². The largest absolute Gasteiger partial charge is 0.497 e. The third kappa shape index (κ3) is 2.77. The Balaban J connectivity index is 1.96. The second-order valence-corrected chi connectivity index (χ2v) is 4.40. The number of amides is 1. The lowest BCUT2D eigenvalue weighted by molar-refractivity contribution is -0.136. The molecule has 1 fully saturated rings. The SMILES string of the molecule is COc1cccc(CN(C)C(=O)C2CNC2)c1. The number of rotatable bonds is 4. The molecule has 1 amide bonds. The Bertz CT molecular complexity index is 402. The van der Waals surface area contributed by atoms with Crippen LogP contribution in [0.3, 0.4) is 0 Å². The van der Waals surface area contributed by atoms with Gasteiger partial charge in [0.15, 0.2) is 0 Å². The normalized spacial score (nSPS) is 15.2. The minimum absolute atomic E-state index is 0.158. The van der Waals surface area contributed by atoms with Crippen LogP contribution in [0.25, 0.3) is 0 Å². The standard InChI is InChI=1S/C13H18N2O2/c1-15(13(16)11-7-14-8-11)9-10-4-3-5-12(6-10)17-2/h3-6,11,14H,7-9H2,1-2H3. The summed E-state index contributed by atoms with van der Waals surface area (Å²) in [6, 6.07) is 7.81. The van der Waals surface area contributed by atoms with Crippen molar-refractivity contribution in [3.8, 4) is 5.75 Å². The van der Waals surface area contributed by atoms with Gasteiger partial charge in [0.25, 0.3) is 0 Å². The van der Waals surface area contributed by atoms with E-state index in [2.05, 4.69) is 5.32 Å². The average molecular weight is 234 g/mol. The molecule has 0 aliphatic carbocycles. The third-order valence-corrected chi connectivity index (χ3v) is 3.06. The van der Waals surface area contributed by atoms with Gasteiger partial charge in [0, 0.05) is 26.7 Å². The van der Waals surface area contributed by atoms with Crippen LogP contribution in [0.1, 0.15) is 5.56 Å². The highest BCUT2D eigenvalue weighted by Crippen LogP contribution is 2.15. The number of benzene rings is 1. The molecule has 0 saturated carbocycles. The highest BCUT2D eigenvalue weighted by molar-refractivity contribution is 5.79. The zero-order chi connectivity index (χ0) is 12.3. The predicted octanol–water partition coefficient (Wildman–Crippen LogP) is 0.873. The van der Waals surface area contributed by atoms with Crippen molar-refractivity contribution in [2.45, 2.75) is 6.54 Å². The number of hydrogen-bond acceptors (Lipinski definition) is 3. The molecule has 1 heterocycles. The fraction of sp³-hybridized carbons (Fsp3) is 0.462. The molecule has 0 unspecified atom stereocenters. The van der Waals surface area contributed by atoms with Crippen molar-refractivity contribution in [3.05, 3.63) is 29.8 Å². The molecule has 0 radical (unpaired) electrons. The Morgan fingerprint density at radius 2 is 2.29 bits per heavy atom. The van der Waals surface area contributed by atoms with Crippen molar-refractivity contribution in [3.63, 3.8) is 0 Å². The molecule has 1 N–H and O–H groups in total. The van der Waals surface area contributed by atoms with Gasteiger partial charge in [-0.05, 0) is 17.7 Å². The maximum atomic E-state index is 11.9. The van der Waals surface area contributed by atoms with Crippen LogP contribution in [0.5, 0.6) is 5.75 Å². The Labute approximate surface area is 102 Å². The first-order chi connectivity index (χ1) is 8.20. The maximum absolute atomic E-state index is 11.9. The molecule has 0 spiro atoms. The van der Waals surface area contributed by atoms with E-state index in [0.29, 0.717) is 6.54 Å². The zero-order valence-corrected chi connectivity index (χ0v) is 10.3.